The summed E-state index contributed by atoms with van der Waals surface area (Å²) in [6.07, 6.45) is -0.840. The minimum Gasteiger partial charge on any atom is -0.170 e. The topological polar surface area (TPSA) is 0 Å². The van der Waals surface area contributed by atoms with Gasteiger partial charge < -0.3 is 0 Å². The maximum atomic E-state index is 12.3. The Kier molecular flexibility index (Phi) is 3.04. The fourth-order valence-electron chi connectivity index (χ4n) is 1.69. The van der Waals surface area contributed by atoms with Crippen LogP contribution < -0.4 is 0 Å². The first-order valence-corrected chi connectivity index (χ1v) is 4.68. The molecule has 1 rings (SSSR count). The molecule has 0 fully saturated rings. The summed E-state index contributed by atoms with van der Waals surface area (Å²) in [4.78, 5) is 0. The minimum absolute atomic E-state index is 0.255. The van der Waals surface area contributed by atoms with Gasteiger partial charge in [-0.15, -0.1) is 0 Å². The van der Waals surface area contributed by atoms with E-state index < -0.39 is 12.1 Å². The van der Waals surface area contributed by atoms with Crippen molar-refractivity contribution in [2.24, 2.45) is 11.8 Å². The van der Waals surface area contributed by atoms with Gasteiger partial charge in [-0.3, -0.25) is 0 Å². The van der Waals surface area contributed by atoms with Crippen LogP contribution in [0.2, 0.25) is 0 Å². The molecule has 0 aromatic heterocycles. The average molecular weight is 192 g/mol. The maximum Gasteiger partial charge on any atom is 0.395 e. The molecule has 0 heterocycles. The lowest BCUT2D eigenvalue weighted by Gasteiger charge is -2.24. The Hall–Kier alpha value is -0.470. The standard InChI is InChI=1S/C10H15F3/c1-7(2)8-4-3-5-9(6-8)10(11,12)13/h6-7,9H,3-5H2,1-2H3. The monoisotopic (exact) mass is 192 g/mol. The molecule has 0 nitrogen and oxygen atoms in total. The molecule has 1 atom stereocenters. The van der Waals surface area contributed by atoms with Crippen LogP contribution in [0.25, 0.3) is 0 Å². The van der Waals surface area contributed by atoms with Gasteiger partial charge in [-0.25, -0.2) is 0 Å². The number of alkyl halides is 3. The van der Waals surface area contributed by atoms with Crippen LogP contribution in [0.3, 0.4) is 0 Å². The Labute approximate surface area is 76.8 Å². The Balaban J connectivity index is 2.74. The summed E-state index contributed by atoms with van der Waals surface area (Å²) in [6, 6.07) is 0. The molecule has 0 aromatic rings. The zero-order valence-corrected chi connectivity index (χ0v) is 7.99. The molecule has 0 aromatic carbocycles. The van der Waals surface area contributed by atoms with Crippen molar-refractivity contribution < 1.29 is 13.2 Å². The maximum absolute atomic E-state index is 12.3. The third kappa shape index (κ3) is 2.75. The zero-order valence-electron chi connectivity index (χ0n) is 7.99. The smallest absolute Gasteiger partial charge is 0.170 e. The molecule has 13 heavy (non-hydrogen) atoms. The van der Waals surface area contributed by atoms with Crippen molar-refractivity contribution in [2.75, 3.05) is 0 Å². The fraction of sp³-hybridized carbons (Fsp3) is 0.800. The number of hydrogen-bond donors (Lipinski definition) is 0. The number of rotatable bonds is 1. The summed E-state index contributed by atoms with van der Waals surface area (Å²) >= 11 is 0. The Bertz CT molecular complexity index is 201. The van der Waals surface area contributed by atoms with Crippen LogP contribution in [-0.4, -0.2) is 6.18 Å². The molecule has 3 heteroatoms. The number of halogens is 3. The van der Waals surface area contributed by atoms with E-state index in [4.69, 9.17) is 0 Å². The van der Waals surface area contributed by atoms with Crippen LogP contribution in [0.5, 0.6) is 0 Å². The molecule has 0 spiro atoms. The van der Waals surface area contributed by atoms with E-state index in [-0.39, 0.29) is 12.3 Å². The molecule has 0 bridgehead atoms. The van der Waals surface area contributed by atoms with Gasteiger partial charge in [0.05, 0.1) is 5.92 Å². The lowest BCUT2D eigenvalue weighted by atomic mass is 9.85. The van der Waals surface area contributed by atoms with Crippen LogP contribution >= 0.6 is 0 Å². The van der Waals surface area contributed by atoms with E-state index in [1.165, 1.54) is 6.08 Å². The first kappa shape index (κ1) is 10.6. The Morgan fingerprint density at radius 2 is 2.00 bits per heavy atom. The molecular formula is C10H15F3. The van der Waals surface area contributed by atoms with E-state index in [0.717, 1.165) is 12.0 Å². The summed E-state index contributed by atoms with van der Waals surface area (Å²) in [5.74, 6) is -0.941. The van der Waals surface area contributed by atoms with Gasteiger partial charge in [0, 0.05) is 0 Å². The summed E-state index contributed by atoms with van der Waals surface area (Å²) in [6.45, 7) is 3.90. The zero-order chi connectivity index (χ0) is 10.1. The van der Waals surface area contributed by atoms with Gasteiger partial charge >= 0.3 is 6.18 Å². The minimum atomic E-state index is -4.04. The summed E-state index contributed by atoms with van der Waals surface area (Å²) in [5.41, 5.74) is 0.966. The van der Waals surface area contributed by atoms with Crippen LogP contribution in [-0.2, 0) is 0 Å². The van der Waals surface area contributed by atoms with Gasteiger partial charge in [-0.05, 0) is 25.2 Å². The second kappa shape index (κ2) is 3.72. The van der Waals surface area contributed by atoms with Crippen LogP contribution in [0.4, 0.5) is 13.2 Å². The van der Waals surface area contributed by atoms with Crippen molar-refractivity contribution in [3.63, 3.8) is 0 Å². The van der Waals surface area contributed by atoms with Gasteiger partial charge in [0.15, 0.2) is 0 Å². The molecule has 0 saturated carbocycles. The highest BCUT2D eigenvalue weighted by molar-refractivity contribution is 5.11. The van der Waals surface area contributed by atoms with Crippen LogP contribution in [0.15, 0.2) is 11.6 Å². The molecule has 0 aliphatic heterocycles. The average Bonchev–Trinajstić information content (AvgIpc) is 2.03. The van der Waals surface area contributed by atoms with E-state index in [1.54, 1.807) is 0 Å². The van der Waals surface area contributed by atoms with E-state index in [9.17, 15) is 13.2 Å². The fourth-order valence-corrected chi connectivity index (χ4v) is 1.69. The second-order valence-electron chi connectivity index (χ2n) is 3.94. The second-order valence-corrected chi connectivity index (χ2v) is 3.94. The van der Waals surface area contributed by atoms with Gasteiger partial charge in [0.1, 0.15) is 0 Å². The van der Waals surface area contributed by atoms with Gasteiger partial charge in [0.25, 0.3) is 0 Å². The predicted octanol–water partition coefficient (Wildman–Crippen LogP) is 3.93. The van der Waals surface area contributed by atoms with Gasteiger partial charge in [0.2, 0.25) is 0 Å². The van der Waals surface area contributed by atoms with Gasteiger partial charge in [-0.1, -0.05) is 25.5 Å². The molecule has 0 amide bonds. The molecule has 0 N–H and O–H groups in total. The van der Waals surface area contributed by atoms with Crippen molar-refractivity contribution in [3.05, 3.63) is 11.6 Å². The van der Waals surface area contributed by atoms with E-state index in [2.05, 4.69) is 0 Å². The highest BCUT2D eigenvalue weighted by atomic mass is 19.4. The van der Waals surface area contributed by atoms with Crippen molar-refractivity contribution in [3.8, 4) is 0 Å². The highest BCUT2D eigenvalue weighted by Crippen LogP contribution is 2.37. The number of allylic oxidation sites excluding steroid dienone is 2. The van der Waals surface area contributed by atoms with Crippen molar-refractivity contribution >= 4 is 0 Å². The highest BCUT2D eigenvalue weighted by Gasteiger charge is 2.39. The Morgan fingerprint density at radius 1 is 1.38 bits per heavy atom. The van der Waals surface area contributed by atoms with Crippen LogP contribution in [0, 0.1) is 11.8 Å². The SMILES string of the molecule is CC(C)C1=CC(C(F)(F)F)CCC1. The molecule has 0 radical (unpaired) electrons. The summed E-state index contributed by atoms with van der Waals surface area (Å²) in [7, 11) is 0. The normalized spacial score (nSPS) is 24.8. The molecular weight excluding hydrogens is 177 g/mol. The first-order valence-electron chi connectivity index (χ1n) is 4.68. The molecule has 0 saturated heterocycles. The number of hydrogen-bond acceptors (Lipinski definition) is 0. The predicted molar refractivity (Wildman–Crippen MR) is 46.3 cm³/mol. The van der Waals surface area contributed by atoms with E-state index in [1.807, 2.05) is 13.8 Å². The first-order chi connectivity index (χ1) is 5.91. The lowest BCUT2D eigenvalue weighted by Crippen LogP contribution is -2.24. The third-order valence-corrected chi connectivity index (χ3v) is 2.56. The van der Waals surface area contributed by atoms with Crippen LogP contribution in [0.1, 0.15) is 33.1 Å². The van der Waals surface area contributed by atoms with E-state index in [0.29, 0.717) is 6.42 Å². The quantitative estimate of drug-likeness (QED) is 0.552. The largest absolute Gasteiger partial charge is 0.395 e. The molecule has 76 valence electrons. The lowest BCUT2D eigenvalue weighted by molar-refractivity contribution is -0.164. The molecule has 1 unspecified atom stereocenters. The molecule has 1 aliphatic rings. The Morgan fingerprint density at radius 3 is 2.46 bits per heavy atom. The van der Waals surface area contributed by atoms with Crippen molar-refractivity contribution in [1.82, 2.24) is 0 Å². The van der Waals surface area contributed by atoms with Crippen molar-refractivity contribution in [1.29, 1.82) is 0 Å². The summed E-state index contributed by atoms with van der Waals surface area (Å²) < 4.78 is 37.0. The van der Waals surface area contributed by atoms with E-state index >= 15 is 0 Å². The summed E-state index contributed by atoms with van der Waals surface area (Å²) in [5, 5.41) is 0. The molecule has 1 aliphatic carbocycles. The third-order valence-electron chi connectivity index (χ3n) is 2.56. The van der Waals surface area contributed by atoms with Crippen molar-refractivity contribution in [2.45, 2.75) is 39.3 Å². The van der Waals surface area contributed by atoms with Gasteiger partial charge in [-0.2, -0.15) is 13.2 Å².